The number of nitrogens with zero attached hydrogens (tertiary/aromatic N) is 2. The molecule has 0 bridgehead atoms. The van der Waals surface area contributed by atoms with Gasteiger partial charge in [0, 0.05) is 0 Å². The van der Waals surface area contributed by atoms with E-state index < -0.39 is 10.0 Å². The predicted molar refractivity (Wildman–Crippen MR) is 121 cm³/mol. The molecule has 8 heteroatoms. The van der Waals surface area contributed by atoms with Crippen molar-refractivity contribution in [3.63, 3.8) is 0 Å². The highest BCUT2D eigenvalue weighted by atomic mass is 32.2. The van der Waals surface area contributed by atoms with E-state index in [0.29, 0.717) is 28.1 Å². The maximum absolute atomic E-state index is 13.3. The zero-order valence-corrected chi connectivity index (χ0v) is 17.3. The summed E-state index contributed by atoms with van der Waals surface area (Å²) in [6.45, 7) is 0. The van der Waals surface area contributed by atoms with E-state index in [1.165, 1.54) is 16.7 Å². The first kappa shape index (κ1) is 20.5. The van der Waals surface area contributed by atoms with Crippen molar-refractivity contribution in [1.29, 1.82) is 0 Å². The van der Waals surface area contributed by atoms with Crippen LogP contribution < -0.4 is 10.3 Å². The monoisotopic (exact) mass is 435 g/mol. The van der Waals surface area contributed by atoms with Gasteiger partial charge in [-0.2, -0.15) is 0 Å². The molecule has 0 saturated heterocycles. The van der Waals surface area contributed by atoms with Crippen molar-refractivity contribution >= 4 is 38.8 Å². The number of aromatic nitrogens is 2. The van der Waals surface area contributed by atoms with Gasteiger partial charge in [-0.05, 0) is 54.1 Å². The van der Waals surface area contributed by atoms with Gasteiger partial charge in [0.1, 0.15) is 11.6 Å². The molecule has 1 heterocycles. The van der Waals surface area contributed by atoms with E-state index in [1.807, 2.05) is 0 Å². The number of nitrogens with one attached hydrogen (secondary N) is 1. The van der Waals surface area contributed by atoms with Gasteiger partial charge in [-0.3, -0.25) is 14.1 Å². The highest BCUT2D eigenvalue weighted by Crippen LogP contribution is 2.19. The maximum atomic E-state index is 13.3. The number of para-hydroxylation sites is 1. The summed E-state index contributed by atoms with van der Waals surface area (Å²) in [4.78, 5) is 17.9. The fraction of sp³-hybridized carbons (Fsp3) is 0.0435. The number of anilines is 1. The molecule has 0 radical (unpaired) electrons. The number of hydrogen-bond acceptors (Lipinski definition) is 4. The van der Waals surface area contributed by atoms with E-state index in [9.17, 15) is 17.6 Å². The van der Waals surface area contributed by atoms with Crippen LogP contribution in [-0.2, 0) is 10.0 Å². The van der Waals surface area contributed by atoms with Crippen LogP contribution >= 0.6 is 0 Å². The Kier molecular flexibility index (Phi) is 5.39. The Labute approximate surface area is 178 Å². The van der Waals surface area contributed by atoms with Crippen molar-refractivity contribution in [2.24, 2.45) is 0 Å². The average Bonchev–Trinajstić information content (AvgIpc) is 2.72. The van der Waals surface area contributed by atoms with Gasteiger partial charge in [0.25, 0.3) is 5.56 Å². The molecular weight excluding hydrogens is 417 g/mol. The molecule has 4 aromatic rings. The molecule has 0 spiro atoms. The van der Waals surface area contributed by atoms with Crippen LogP contribution in [0, 0.1) is 5.82 Å². The number of hydrogen-bond donors (Lipinski definition) is 1. The maximum Gasteiger partial charge on any atom is 0.266 e. The summed E-state index contributed by atoms with van der Waals surface area (Å²) in [7, 11) is -3.48. The van der Waals surface area contributed by atoms with Gasteiger partial charge in [-0.1, -0.05) is 36.4 Å². The Hall–Kier alpha value is -3.78. The third-order valence-corrected chi connectivity index (χ3v) is 5.11. The third-order valence-electron chi connectivity index (χ3n) is 4.50. The van der Waals surface area contributed by atoms with Crippen molar-refractivity contribution in [1.82, 2.24) is 9.55 Å². The second kappa shape index (κ2) is 8.16. The minimum absolute atomic E-state index is 0.291. The van der Waals surface area contributed by atoms with Crippen molar-refractivity contribution in [2.45, 2.75) is 0 Å². The van der Waals surface area contributed by atoms with Crippen LogP contribution in [0.25, 0.3) is 28.7 Å². The van der Waals surface area contributed by atoms with Gasteiger partial charge in [0.15, 0.2) is 0 Å². The summed E-state index contributed by atoms with van der Waals surface area (Å²) >= 11 is 0. The van der Waals surface area contributed by atoms with E-state index in [-0.39, 0.29) is 11.4 Å². The highest BCUT2D eigenvalue weighted by molar-refractivity contribution is 7.92. The zero-order valence-electron chi connectivity index (χ0n) is 16.5. The quantitative estimate of drug-likeness (QED) is 0.513. The number of benzene rings is 3. The van der Waals surface area contributed by atoms with Gasteiger partial charge in [-0.15, -0.1) is 0 Å². The Morgan fingerprint density at radius 3 is 2.45 bits per heavy atom. The first-order valence-corrected chi connectivity index (χ1v) is 11.2. The standard InChI is InChI=1S/C23H18FN3O3S/c1-31(29,30)26-18-5-4-6-19(15-18)27-22(14-11-16-9-12-17(24)13-10-16)25-21-8-3-2-7-20(21)23(27)28/h2-15,26H,1H3/b14-11+. The molecule has 0 amide bonds. The molecule has 0 saturated carbocycles. The molecule has 6 nitrogen and oxygen atoms in total. The van der Waals surface area contributed by atoms with Crippen LogP contribution in [0.2, 0.25) is 0 Å². The molecule has 4 rings (SSSR count). The first-order valence-electron chi connectivity index (χ1n) is 9.34. The number of sulfonamides is 1. The van der Waals surface area contributed by atoms with E-state index >= 15 is 0 Å². The second-order valence-electron chi connectivity index (χ2n) is 6.94. The van der Waals surface area contributed by atoms with E-state index in [0.717, 1.165) is 11.8 Å². The Morgan fingerprint density at radius 1 is 0.968 bits per heavy atom. The predicted octanol–water partition coefficient (Wildman–Crippen LogP) is 4.07. The highest BCUT2D eigenvalue weighted by Gasteiger charge is 2.12. The van der Waals surface area contributed by atoms with Crippen molar-refractivity contribution in [2.75, 3.05) is 11.0 Å². The summed E-state index contributed by atoms with van der Waals surface area (Å²) in [5.74, 6) is 0.0117. The Balaban J connectivity index is 1.90. The normalized spacial score (nSPS) is 11.8. The molecule has 0 aliphatic carbocycles. The van der Waals surface area contributed by atoms with Crippen LogP contribution in [0.1, 0.15) is 11.4 Å². The molecule has 0 aliphatic heterocycles. The third kappa shape index (κ3) is 4.70. The minimum atomic E-state index is -3.48. The Morgan fingerprint density at radius 2 is 1.71 bits per heavy atom. The average molecular weight is 435 g/mol. The smallest absolute Gasteiger partial charge is 0.266 e. The van der Waals surface area contributed by atoms with Crippen LogP contribution in [0.3, 0.4) is 0 Å². The molecule has 156 valence electrons. The zero-order chi connectivity index (χ0) is 22.0. The largest absolute Gasteiger partial charge is 0.284 e. The lowest BCUT2D eigenvalue weighted by molar-refractivity contribution is 0.607. The minimum Gasteiger partial charge on any atom is -0.284 e. The SMILES string of the molecule is CS(=O)(=O)Nc1cccc(-n2c(/C=C/c3ccc(F)cc3)nc3ccccc3c2=O)c1. The van der Waals surface area contributed by atoms with Gasteiger partial charge in [0.05, 0.1) is 28.5 Å². The molecule has 1 N–H and O–H groups in total. The topological polar surface area (TPSA) is 81.1 Å². The van der Waals surface area contributed by atoms with Crippen molar-refractivity contribution < 1.29 is 12.8 Å². The van der Waals surface area contributed by atoms with Crippen molar-refractivity contribution in [3.8, 4) is 5.69 Å². The van der Waals surface area contributed by atoms with Crippen molar-refractivity contribution in [3.05, 3.63) is 100 Å². The van der Waals surface area contributed by atoms with E-state index in [2.05, 4.69) is 9.71 Å². The lowest BCUT2D eigenvalue weighted by Gasteiger charge is -2.13. The molecular formula is C23H18FN3O3S. The number of rotatable bonds is 5. The fourth-order valence-corrected chi connectivity index (χ4v) is 3.73. The Bertz CT molecular complexity index is 1460. The summed E-state index contributed by atoms with van der Waals surface area (Å²) in [6, 6.07) is 19.4. The number of halogens is 1. The first-order chi connectivity index (χ1) is 14.8. The molecule has 1 aromatic heterocycles. The lowest BCUT2D eigenvalue weighted by atomic mass is 10.2. The molecule has 0 atom stereocenters. The number of fused-ring (bicyclic) bond motifs is 1. The van der Waals surface area contributed by atoms with Crippen LogP contribution in [-0.4, -0.2) is 24.2 Å². The van der Waals surface area contributed by atoms with E-state index in [4.69, 9.17) is 0 Å². The summed E-state index contributed by atoms with van der Waals surface area (Å²) in [5.41, 5.74) is 1.76. The molecule has 0 unspecified atom stereocenters. The molecule has 0 aliphatic rings. The fourth-order valence-electron chi connectivity index (χ4n) is 3.18. The summed E-state index contributed by atoms with van der Waals surface area (Å²) in [6.07, 6.45) is 4.45. The lowest BCUT2D eigenvalue weighted by Crippen LogP contribution is -2.22. The van der Waals surface area contributed by atoms with Gasteiger partial charge < -0.3 is 0 Å². The van der Waals surface area contributed by atoms with Gasteiger partial charge in [-0.25, -0.2) is 17.8 Å². The second-order valence-corrected chi connectivity index (χ2v) is 8.69. The molecule has 0 fully saturated rings. The van der Waals surface area contributed by atoms with Gasteiger partial charge >= 0.3 is 0 Å². The molecule has 3 aromatic carbocycles. The van der Waals surface area contributed by atoms with Crippen LogP contribution in [0.15, 0.2) is 77.6 Å². The summed E-state index contributed by atoms with van der Waals surface area (Å²) < 4.78 is 40.2. The molecule has 31 heavy (non-hydrogen) atoms. The van der Waals surface area contributed by atoms with Gasteiger partial charge in [0.2, 0.25) is 10.0 Å². The van der Waals surface area contributed by atoms with E-state index in [1.54, 1.807) is 72.8 Å². The van der Waals surface area contributed by atoms with Crippen LogP contribution in [0.4, 0.5) is 10.1 Å². The summed E-state index contributed by atoms with van der Waals surface area (Å²) in [5, 5.41) is 0.433. The van der Waals surface area contributed by atoms with Crippen LogP contribution in [0.5, 0.6) is 0 Å².